The van der Waals surface area contributed by atoms with Crippen molar-refractivity contribution < 1.29 is 8.81 Å². The van der Waals surface area contributed by atoms with Gasteiger partial charge in [-0.05, 0) is 19.9 Å². The van der Waals surface area contributed by atoms with Gasteiger partial charge in [-0.3, -0.25) is 0 Å². The highest BCUT2D eigenvalue weighted by Gasteiger charge is 2.21. The third kappa shape index (κ3) is 1.64. The van der Waals surface area contributed by atoms with Crippen LogP contribution in [0.5, 0.6) is 0 Å². The molecule has 1 N–H and O–H groups in total. The summed E-state index contributed by atoms with van der Waals surface area (Å²) in [4.78, 5) is 15.2. The third-order valence-corrected chi connectivity index (χ3v) is 2.31. The van der Waals surface area contributed by atoms with Crippen molar-refractivity contribution in [2.45, 2.75) is 20.0 Å². The molecule has 0 fully saturated rings. The zero-order chi connectivity index (χ0) is 11.9. The molecule has 1 atom stereocenters. The van der Waals surface area contributed by atoms with E-state index >= 15 is 0 Å². The first-order chi connectivity index (χ1) is 7.49. The molecular weight excluding hydrogens is 211 g/mol. The van der Waals surface area contributed by atoms with Crippen LogP contribution in [0.3, 0.4) is 0 Å². The number of nitrogens with one attached hydrogen (secondary N) is 1. The molecule has 0 bridgehead atoms. The predicted octanol–water partition coefficient (Wildman–Crippen LogP) is 1.91. The fourth-order valence-electron chi connectivity index (χ4n) is 1.41. The first-order valence-corrected chi connectivity index (χ1v) is 4.82. The van der Waals surface area contributed by atoms with Crippen LogP contribution in [0, 0.1) is 6.92 Å². The van der Waals surface area contributed by atoms with Crippen molar-refractivity contribution in [1.29, 1.82) is 0 Å². The van der Waals surface area contributed by atoms with E-state index in [4.69, 9.17) is 4.42 Å². The van der Waals surface area contributed by atoms with Crippen molar-refractivity contribution in [3.8, 4) is 0 Å². The summed E-state index contributed by atoms with van der Waals surface area (Å²) in [6.45, 7) is 6.72. The van der Waals surface area contributed by atoms with Crippen molar-refractivity contribution in [2.24, 2.45) is 4.99 Å². The molecule has 1 aliphatic heterocycles. The normalized spacial score (nSPS) is 16.2. The van der Waals surface area contributed by atoms with Crippen LogP contribution in [0.25, 0.3) is 5.70 Å². The van der Waals surface area contributed by atoms with Gasteiger partial charge in [0.25, 0.3) is 0 Å². The minimum Gasteiger partial charge on any atom is -0.403 e. The molecule has 0 spiro atoms. The Morgan fingerprint density at radius 1 is 1.62 bits per heavy atom. The number of nitrogens with zero attached hydrogens (tertiary/aromatic N) is 1. The summed E-state index contributed by atoms with van der Waals surface area (Å²) in [7, 11) is 0. The lowest BCUT2D eigenvalue weighted by Gasteiger charge is -2.19. The molecule has 4 nitrogen and oxygen atoms in total. The molecule has 1 aromatic rings. The Hall–Kier alpha value is -1.91. The third-order valence-electron chi connectivity index (χ3n) is 2.31. The van der Waals surface area contributed by atoms with E-state index < -0.39 is 11.8 Å². The molecule has 5 heteroatoms. The maximum Gasteiger partial charge on any atom is 0.340 e. The largest absolute Gasteiger partial charge is 0.403 e. The Morgan fingerprint density at radius 2 is 2.31 bits per heavy atom. The van der Waals surface area contributed by atoms with Crippen molar-refractivity contribution in [1.82, 2.24) is 5.32 Å². The van der Waals surface area contributed by atoms with Crippen LogP contribution in [0.4, 0.5) is 10.3 Å². The number of alkyl halides is 1. The van der Waals surface area contributed by atoms with Crippen molar-refractivity contribution in [2.75, 3.05) is 0 Å². The van der Waals surface area contributed by atoms with Gasteiger partial charge in [-0.1, -0.05) is 6.58 Å². The van der Waals surface area contributed by atoms with Gasteiger partial charge in [-0.2, -0.15) is 4.99 Å². The molecule has 84 valence electrons. The quantitative estimate of drug-likeness (QED) is 0.789. The topological polar surface area (TPSA) is 54.6 Å². The molecule has 2 rings (SSSR count). The van der Waals surface area contributed by atoms with E-state index in [0.29, 0.717) is 16.8 Å². The predicted molar refractivity (Wildman–Crippen MR) is 59.5 cm³/mol. The van der Waals surface area contributed by atoms with Gasteiger partial charge in [0.2, 0.25) is 5.88 Å². The number of hydrogen-bond acceptors (Lipinski definition) is 4. The number of aryl methyl sites for hydroxylation is 1. The number of aliphatic imine (C=N–C) groups is 1. The highest BCUT2D eigenvalue weighted by molar-refractivity contribution is 5.98. The summed E-state index contributed by atoms with van der Waals surface area (Å²) in [5.41, 5.74) is 1.06. The number of hydrogen-bond donors (Lipinski definition) is 1. The molecule has 0 radical (unpaired) electrons. The van der Waals surface area contributed by atoms with Crippen LogP contribution in [-0.4, -0.2) is 12.0 Å². The lowest BCUT2D eigenvalue weighted by Crippen LogP contribution is -2.31. The fourth-order valence-corrected chi connectivity index (χ4v) is 1.41. The van der Waals surface area contributed by atoms with Gasteiger partial charge < -0.3 is 9.73 Å². The van der Waals surface area contributed by atoms with Crippen molar-refractivity contribution >= 4 is 17.4 Å². The second-order valence-electron chi connectivity index (χ2n) is 3.65. The molecule has 0 saturated carbocycles. The highest BCUT2D eigenvalue weighted by Crippen LogP contribution is 2.27. The summed E-state index contributed by atoms with van der Waals surface area (Å²) < 4.78 is 18.1. The Balaban J connectivity index is 2.62. The van der Waals surface area contributed by atoms with E-state index in [2.05, 4.69) is 16.9 Å². The summed E-state index contributed by atoms with van der Waals surface area (Å²) >= 11 is 0. The van der Waals surface area contributed by atoms with Gasteiger partial charge in [0.15, 0.2) is 6.17 Å². The minimum absolute atomic E-state index is 0.101. The maximum atomic E-state index is 13.1. The van der Waals surface area contributed by atoms with Crippen LogP contribution < -0.4 is 10.9 Å². The van der Waals surface area contributed by atoms with Gasteiger partial charge in [-0.25, -0.2) is 9.18 Å². The molecule has 0 aliphatic carbocycles. The zero-order valence-electron chi connectivity index (χ0n) is 9.00. The van der Waals surface area contributed by atoms with E-state index in [1.165, 1.54) is 6.92 Å². The van der Waals surface area contributed by atoms with Gasteiger partial charge in [-0.15, -0.1) is 0 Å². The maximum absolute atomic E-state index is 13.1. The van der Waals surface area contributed by atoms with Crippen LogP contribution in [0.2, 0.25) is 0 Å². The van der Waals surface area contributed by atoms with Crippen LogP contribution in [0.15, 0.2) is 26.8 Å². The zero-order valence-corrected chi connectivity index (χ0v) is 9.00. The monoisotopic (exact) mass is 222 g/mol. The molecule has 0 saturated heterocycles. The summed E-state index contributed by atoms with van der Waals surface area (Å²) in [5, 5.41) is 2.74. The van der Waals surface area contributed by atoms with Crippen LogP contribution in [0.1, 0.15) is 18.1 Å². The molecule has 1 aliphatic rings. The molecule has 16 heavy (non-hydrogen) atoms. The van der Waals surface area contributed by atoms with Gasteiger partial charge >= 0.3 is 5.63 Å². The van der Waals surface area contributed by atoms with E-state index in [-0.39, 0.29) is 11.7 Å². The molecule has 0 amide bonds. The van der Waals surface area contributed by atoms with Gasteiger partial charge in [0.05, 0.1) is 5.56 Å². The SMILES string of the molecule is C=C1NC(C(C)F)=Nc2oc(=O)c(C)cc21. The summed E-state index contributed by atoms with van der Waals surface area (Å²) in [6, 6.07) is 1.62. The van der Waals surface area contributed by atoms with E-state index in [9.17, 15) is 9.18 Å². The molecule has 2 heterocycles. The average Bonchev–Trinajstić information content (AvgIpc) is 2.20. The number of rotatable bonds is 1. The second kappa shape index (κ2) is 3.59. The summed E-state index contributed by atoms with van der Waals surface area (Å²) in [6.07, 6.45) is -1.27. The van der Waals surface area contributed by atoms with E-state index in [1.54, 1.807) is 13.0 Å². The van der Waals surface area contributed by atoms with E-state index in [1.807, 2.05) is 0 Å². The minimum atomic E-state index is -1.27. The number of amidine groups is 1. The smallest absolute Gasteiger partial charge is 0.340 e. The van der Waals surface area contributed by atoms with E-state index in [0.717, 1.165) is 0 Å². The molecular formula is C11H11FN2O2. The fraction of sp³-hybridized carbons (Fsp3) is 0.273. The Labute approximate surface area is 91.5 Å². The van der Waals surface area contributed by atoms with Gasteiger partial charge in [0.1, 0.15) is 5.84 Å². The Bertz CT molecular complexity index is 543. The first-order valence-electron chi connectivity index (χ1n) is 4.82. The van der Waals surface area contributed by atoms with Crippen LogP contribution >= 0.6 is 0 Å². The highest BCUT2D eigenvalue weighted by atomic mass is 19.1. The van der Waals surface area contributed by atoms with Crippen LogP contribution in [-0.2, 0) is 0 Å². The number of fused-ring (bicyclic) bond motifs is 1. The molecule has 1 aromatic heterocycles. The van der Waals surface area contributed by atoms with Crippen molar-refractivity contribution in [3.05, 3.63) is 34.2 Å². The molecule has 0 aromatic carbocycles. The Morgan fingerprint density at radius 3 is 2.94 bits per heavy atom. The lowest BCUT2D eigenvalue weighted by atomic mass is 10.1. The lowest BCUT2D eigenvalue weighted by molar-refractivity contribution is 0.445. The second-order valence-corrected chi connectivity index (χ2v) is 3.65. The summed E-state index contributed by atoms with van der Waals surface area (Å²) in [5.74, 6) is 0.211. The standard InChI is InChI=1S/C11H11FN2O2/c1-5-4-8-7(3)13-9(6(2)12)14-10(8)16-11(5)15/h4,6H,3H2,1-2H3,(H,13,14). The average molecular weight is 222 g/mol. The Kier molecular flexibility index (Phi) is 2.38. The van der Waals surface area contributed by atoms with Crippen molar-refractivity contribution in [3.63, 3.8) is 0 Å². The first kappa shape index (κ1) is 10.6. The number of halogens is 1. The molecule has 1 unspecified atom stereocenters. The van der Waals surface area contributed by atoms with Gasteiger partial charge in [0, 0.05) is 11.3 Å².